The Labute approximate surface area is 121 Å². The molecule has 0 radical (unpaired) electrons. The lowest BCUT2D eigenvalue weighted by atomic mass is 10.2. The van der Waals surface area contributed by atoms with Crippen LogP contribution in [-0.4, -0.2) is 18.5 Å². The van der Waals surface area contributed by atoms with Crippen LogP contribution >= 0.6 is 11.6 Å². The highest BCUT2D eigenvalue weighted by molar-refractivity contribution is 7.89. The van der Waals surface area contributed by atoms with Crippen LogP contribution in [0.15, 0.2) is 33.7 Å². The van der Waals surface area contributed by atoms with Crippen LogP contribution < -0.4 is 4.72 Å². The number of benzene rings is 1. The summed E-state index contributed by atoms with van der Waals surface area (Å²) in [5.41, 5.74) is 0.460. The molecule has 0 bridgehead atoms. The number of nitrogens with one attached hydrogen (secondary N) is 1. The van der Waals surface area contributed by atoms with E-state index in [2.05, 4.69) is 9.71 Å². The Balaban J connectivity index is 2.21. The third-order valence-electron chi connectivity index (χ3n) is 2.55. The highest BCUT2D eigenvalue weighted by Gasteiger charge is 2.19. The largest absolute Gasteiger partial charge is 0.445 e. The summed E-state index contributed by atoms with van der Waals surface area (Å²) in [5.74, 6) is 0.861. The molecule has 0 aliphatic rings. The number of sulfonamides is 1. The molecule has 0 aliphatic heterocycles. The van der Waals surface area contributed by atoms with E-state index in [0.717, 1.165) is 0 Å². The number of aliphatic hydroxyl groups excluding tert-OH is 1. The lowest BCUT2D eigenvalue weighted by Gasteiger charge is -2.08. The van der Waals surface area contributed by atoms with E-state index in [1.807, 2.05) is 0 Å². The standard InChI is InChI=1S/C12H13ClN2O4S/c1-8-5-14-12(19-8)6-15-20(17,18)11-4-9(7-16)2-3-10(11)13/h2-5,15-16H,6-7H2,1H3. The number of oxazole rings is 1. The molecule has 1 heterocycles. The Morgan fingerprint density at radius 3 is 2.80 bits per heavy atom. The predicted molar refractivity (Wildman–Crippen MR) is 72.6 cm³/mol. The predicted octanol–water partition coefficient (Wildman–Crippen LogP) is 1.61. The molecule has 6 nitrogen and oxygen atoms in total. The van der Waals surface area contributed by atoms with Gasteiger partial charge in [-0.15, -0.1) is 0 Å². The molecule has 0 unspecified atom stereocenters. The van der Waals surface area contributed by atoms with Gasteiger partial charge in [-0.2, -0.15) is 0 Å². The van der Waals surface area contributed by atoms with E-state index in [9.17, 15) is 8.42 Å². The highest BCUT2D eigenvalue weighted by Crippen LogP contribution is 2.22. The van der Waals surface area contributed by atoms with Gasteiger partial charge in [-0.25, -0.2) is 18.1 Å². The number of aromatic nitrogens is 1. The Morgan fingerprint density at radius 1 is 1.45 bits per heavy atom. The molecule has 0 aliphatic carbocycles. The van der Waals surface area contributed by atoms with Crippen molar-refractivity contribution < 1.29 is 17.9 Å². The molecule has 2 rings (SSSR count). The maximum atomic E-state index is 12.2. The van der Waals surface area contributed by atoms with E-state index < -0.39 is 10.0 Å². The molecule has 1 aromatic heterocycles. The van der Waals surface area contributed by atoms with Crippen LogP contribution in [0.5, 0.6) is 0 Å². The molecule has 2 N–H and O–H groups in total. The van der Waals surface area contributed by atoms with Crippen molar-refractivity contribution in [3.63, 3.8) is 0 Å². The SMILES string of the molecule is Cc1cnc(CNS(=O)(=O)c2cc(CO)ccc2Cl)o1. The summed E-state index contributed by atoms with van der Waals surface area (Å²) in [5, 5.41) is 9.13. The van der Waals surface area contributed by atoms with E-state index in [1.54, 1.807) is 13.0 Å². The van der Waals surface area contributed by atoms with Crippen molar-refractivity contribution in [2.24, 2.45) is 0 Å². The molecule has 0 amide bonds. The molecular weight excluding hydrogens is 304 g/mol. The number of halogens is 1. The topological polar surface area (TPSA) is 92.4 Å². The second-order valence-electron chi connectivity index (χ2n) is 4.11. The average molecular weight is 317 g/mol. The van der Waals surface area contributed by atoms with Crippen LogP contribution in [-0.2, 0) is 23.2 Å². The van der Waals surface area contributed by atoms with Crippen LogP contribution in [0, 0.1) is 6.92 Å². The zero-order valence-electron chi connectivity index (χ0n) is 10.6. The summed E-state index contributed by atoms with van der Waals surface area (Å²) in [6.45, 7) is 1.38. The molecule has 1 aromatic carbocycles. The number of rotatable bonds is 5. The number of hydrogen-bond acceptors (Lipinski definition) is 5. The van der Waals surface area contributed by atoms with Gasteiger partial charge < -0.3 is 9.52 Å². The summed E-state index contributed by atoms with van der Waals surface area (Å²) >= 11 is 5.88. The van der Waals surface area contributed by atoms with E-state index in [-0.39, 0.29) is 29.0 Å². The third-order valence-corrected chi connectivity index (χ3v) is 4.43. The Morgan fingerprint density at radius 2 is 2.20 bits per heavy atom. The lowest BCUT2D eigenvalue weighted by Crippen LogP contribution is -2.23. The van der Waals surface area contributed by atoms with E-state index >= 15 is 0 Å². The summed E-state index contributed by atoms with van der Waals surface area (Å²) in [6.07, 6.45) is 1.50. The number of nitrogens with zero attached hydrogens (tertiary/aromatic N) is 1. The Hall–Kier alpha value is -1.41. The summed E-state index contributed by atoms with van der Waals surface area (Å²) in [7, 11) is -3.81. The van der Waals surface area contributed by atoms with Gasteiger partial charge in [0.1, 0.15) is 10.7 Å². The molecule has 108 valence electrons. The summed E-state index contributed by atoms with van der Waals surface area (Å²) in [4.78, 5) is 3.81. The van der Waals surface area contributed by atoms with Crippen LogP contribution in [0.3, 0.4) is 0 Å². The maximum absolute atomic E-state index is 12.2. The zero-order chi connectivity index (χ0) is 14.8. The molecular formula is C12H13ClN2O4S. The minimum absolute atomic E-state index is 0.0736. The number of hydrogen-bond donors (Lipinski definition) is 2. The van der Waals surface area contributed by atoms with E-state index in [0.29, 0.717) is 11.3 Å². The fourth-order valence-corrected chi connectivity index (χ4v) is 3.09. The van der Waals surface area contributed by atoms with Crippen LogP contribution in [0.1, 0.15) is 17.2 Å². The van der Waals surface area contributed by atoms with Gasteiger partial charge in [0.2, 0.25) is 15.9 Å². The second kappa shape index (κ2) is 5.92. The molecule has 0 saturated heterocycles. The van der Waals surface area contributed by atoms with Gasteiger partial charge in [0.25, 0.3) is 0 Å². The van der Waals surface area contributed by atoms with Gasteiger partial charge in [-0.3, -0.25) is 0 Å². The van der Waals surface area contributed by atoms with Crippen LogP contribution in [0.4, 0.5) is 0 Å². The normalized spacial score (nSPS) is 11.8. The molecule has 2 aromatic rings. The smallest absolute Gasteiger partial charge is 0.242 e. The van der Waals surface area contributed by atoms with Gasteiger partial charge >= 0.3 is 0 Å². The quantitative estimate of drug-likeness (QED) is 0.874. The van der Waals surface area contributed by atoms with Crippen molar-refractivity contribution in [2.75, 3.05) is 0 Å². The average Bonchev–Trinajstić information content (AvgIpc) is 2.83. The monoisotopic (exact) mass is 316 g/mol. The molecule has 0 fully saturated rings. The first kappa shape index (κ1) is 15.0. The highest BCUT2D eigenvalue weighted by atomic mass is 35.5. The second-order valence-corrected chi connectivity index (χ2v) is 6.25. The fraction of sp³-hybridized carbons (Fsp3) is 0.250. The van der Waals surface area contributed by atoms with Gasteiger partial charge in [0, 0.05) is 0 Å². The number of aliphatic hydroxyl groups is 1. The van der Waals surface area contributed by atoms with Crippen molar-refractivity contribution in [1.82, 2.24) is 9.71 Å². The van der Waals surface area contributed by atoms with Crippen LogP contribution in [0.2, 0.25) is 5.02 Å². The Bertz CT molecular complexity index is 712. The molecule has 8 heteroatoms. The van der Waals surface area contributed by atoms with Crippen molar-refractivity contribution >= 4 is 21.6 Å². The minimum Gasteiger partial charge on any atom is -0.445 e. The molecule has 0 atom stereocenters. The van der Waals surface area contributed by atoms with Crippen LogP contribution in [0.25, 0.3) is 0 Å². The first-order valence-electron chi connectivity index (χ1n) is 5.72. The third kappa shape index (κ3) is 3.37. The molecule has 0 saturated carbocycles. The number of aryl methyl sites for hydroxylation is 1. The van der Waals surface area contributed by atoms with E-state index in [1.165, 1.54) is 18.3 Å². The first-order valence-corrected chi connectivity index (χ1v) is 7.59. The van der Waals surface area contributed by atoms with Crippen molar-refractivity contribution in [1.29, 1.82) is 0 Å². The molecule has 0 spiro atoms. The molecule has 20 heavy (non-hydrogen) atoms. The summed E-state index contributed by atoms with van der Waals surface area (Å²) < 4.78 is 31.8. The van der Waals surface area contributed by atoms with Crippen molar-refractivity contribution in [3.8, 4) is 0 Å². The zero-order valence-corrected chi connectivity index (χ0v) is 12.2. The Kier molecular flexibility index (Phi) is 4.44. The van der Waals surface area contributed by atoms with Crippen molar-refractivity contribution in [2.45, 2.75) is 25.0 Å². The van der Waals surface area contributed by atoms with E-state index in [4.69, 9.17) is 21.1 Å². The summed E-state index contributed by atoms with van der Waals surface area (Å²) in [6, 6.07) is 4.31. The minimum atomic E-state index is -3.81. The van der Waals surface area contributed by atoms with Gasteiger partial charge in [-0.1, -0.05) is 17.7 Å². The van der Waals surface area contributed by atoms with Gasteiger partial charge in [0.15, 0.2) is 0 Å². The van der Waals surface area contributed by atoms with Crippen molar-refractivity contribution in [3.05, 3.63) is 46.6 Å². The van der Waals surface area contributed by atoms with Gasteiger partial charge in [-0.05, 0) is 24.6 Å². The fourth-order valence-electron chi connectivity index (χ4n) is 1.57. The first-order chi connectivity index (χ1) is 9.42. The lowest BCUT2D eigenvalue weighted by molar-refractivity contribution is 0.281. The maximum Gasteiger partial charge on any atom is 0.242 e. The van der Waals surface area contributed by atoms with Gasteiger partial charge in [0.05, 0.1) is 24.4 Å².